The number of carbonyl (C=O) groups is 2. The Kier molecular flexibility index (Phi) is 3.51. The highest BCUT2D eigenvalue weighted by atomic mass is 32.1. The third kappa shape index (κ3) is 2.46. The van der Waals surface area contributed by atoms with Crippen LogP contribution in [0.1, 0.15) is 30.3 Å². The molecule has 0 bridgehead atoms. The molecule has 1 aliphatic heterocycles. The molecule has 0 radical (unpaired) electrons. The van der Waals surface area contributed by atoms with Crippen LogP contribution in [-0.4, -0.2) is 47.8 Å². The summed E-state index contributed by atoms with van der Waals surface area (Å²) < 4.78 is 0. The molecule has 2 aliphatic rings. The number of Topliss-reactive ketones (excluding diaryl/α,β-unsaturated/α-hetero) is 1. The molecule has 0 unspecified atom stereocenters. The summed E-state index contributed by atoms with van der Waals surface area (Å²) >= 11 is 1.71. The van der Waals surface area contributed by atoms with E-state index in [0.29, 0.717) is 13.1 Å². The topological polar surface area (TPSA) is 53.5 Å². The maximum atomic E-state index is 12.5. The van der Waals surface area contributed by atoms with E-state index >= 15 is 0 Å². The first-order chi connectivity index (χ1) is 9.94. The molecule has 2 fully saturated rings. The fourth-order valence-electron chi connectivity index (χ4n) is 2.84. The Labute approximate surface area is 129 Å². The highest BCUT2D eigenvalue weighted by Crippen LogP contribution is 2.48. The van der Waals surface area contributed by atoms with E-state index in [1.807, 2.05) is 11.8 Å². The van der Waals surface area contributed by atoms with Gasteiger partial charge in [-0.25, -0.2) is 4.98 Å². The number of aryl methyl sites for hydroxylation is 2. The Hall–Kier alpha value is -1.43. The van der Waals surface area contributed by atoms with Gasteiger partial charge in [0.15, 0.2) is 5.13 Å². The van der Waals surface area contributed by atoms with E-state index in [9.17, 15) is 9.59 Å². The summed E-state index contributed by atoms with van der Waals surface area (Å²) in [6, 6.07) is 0. The van der Waals surface area contributed by atoms with Gasteiger partial charge in [0.2, 0.25) is 5.91 Å². The van der Waals surface area contributed by atoms with Gasteiger partial charge >= 0.3 is 0 Å². The van der Waals surface area contributed by atoms with Crippen molar-refractivity contribution in [3.8, 4) is 0 Å². The van der Waals surface area contributed by atoms with Crippen LogP contribution in [0.25, 0.3) is 0 Å². The molecule has 0 aromatic carbocycles. The van der Waals surface area contributed by atoms with Gasteiger partial charge < -0.3 is 9.80 Å². The molecule has 1 saturated carbocycles. The predicted octanol–water partition coefficient (Wildman–Crippen LogP) is 1.78. The van der Waals surface area contributed by atoms with Gasteiger partial charge in [-0.2, -0.15) is 0 Å². The number of piperazine rings is 1. The van der Waals surface area contributed by atoms with Crippen molar-refractivity contribution in [2.24, 2.45) is 5.41 Å². The van der Waals surface area contributed by atoms with Gasteiger partial charge in [-0.3, -0.25) is 9.59 Å². The average molecular weight is 307 g/mol. The van der Waals surface area contributed by atoms with E-state index in [-0.39, 0.29) is 11.7 Å². The van der Waals surface area contributed by atoms with Gasteiger partial charge in [-0.15, -0.1) is 11.3 Å². The van der Waals surface area contributed by atoms with Crippen molar-refractivity contribution < 1.29 is 9.59 Å². The maximum Gasteiger partial charge on any atom is 0.236 e. The minimum atomic E-state index is -0.670. The van der Waals surface area contributed by atoms with Crippen molar-refractivity contribution >= 4 is 28.2 Å². The standard InChI is InChI=1S/C15H21N3O2S/c1-10-11(2)21-14(16-10)18-8-6-17(7-9-18)13(20)15(4-5-15)12(3)19/h4-9H2,1-3H3. The summed E-state index contributed by atoms with van der Waals surface area (Å²) in [5, 5.41) is 1.05. The zero-order chi connectivity index (χ0) is 15.2. The van der Waals surface area contributed by atoms with Crippen LogP contribution < -0.4 is 4.90 Å². The van der Waals surface area contributed by atoms with E-state index in [2.05, 4.69) is 16.8 Å². The minimum absolute atomic E-state index is 0.0288. The lowest BCUT2D eigenvalue weighted by Gasteiger charge is -2.36. The van der Waals surface area contributed by atoms with Crippen molar-refractivity contribution in [2.45, 2.75) is 33.6 Å². The third-order valence-electron chi connectivity index (χ3n) is 4.69. The molecule has 6 heteroatoms. The number of thiazole rings is 1. The number of ketones is 1. The Balaban J connectivity index is 1.63. The first kappa shape index (κ1) is 14.5. The SMILES string of the molecule is CC(=O)C1(C(=O)N2CCN(c3nc(C)c(C)s3)CC2)CC1. The molecule has 1 aromatic rings. The van der Waals surface area contributed by atoms with Crippen LogP contribution in [0.5, 0.6) is 0 Å². The minimum Gasteiger partial charge on any atom is -0.345 e. The first-order valence-corrected chi connectivity index (χ1v) is 8.25. The molecule has 1 saturated heterocycles. The zero-order valence-corrected chi connectivity index (χ0v) is 13.6. The number of hydrogen-bond acceptors (Lipinski definition) is 5. The van der Waals surface area contributed by atoms with Crippen LogP contribution in [0.4, 0.5) is 5.13 Å². The fourth-order valence-corrected chi connectivity index (χ4v) is 3.80. The molecule has 0 spiro atoms. The summed E-state index contributed by atoms with van der Waals surface area (Å²) in [7, 11) is 0. The first-order valence-electron chi connectivity index (χ1n) is 7.43. The largest absolute Gasteiger partial charge is 0.345 e. The van der Waals surface area contributed by atoms with E-state index in [1.54, 1.807) is 18.3 Å². The van der Waals surface area contributed by atoms with Gasteiger partial charge in [0.05, 0.1) is 5.69 Å². The number of anilines is 1. The van der Waals surface area contributed by atoms with Crippen LogP contribution in [-0.2, 0) is 9.59 Å². The maximum absolute atomic E-state index is 12.5. The van der Waals surface area contributed by atoms with Crippen molar-refractivity contribution in [3.05, 3.63) is 10.6 Å². The molecule has 5 nitrogen and oxygen atoms in total. The fraction of sp³-hybridized carbons (Fsp3) is 0.667. The van der Waals surface area contributed by atoms with Crippen molar-refractivity contribution in [2.75, 3.05) is 31.1 Å². The van der Waals surface area contributed by atoms with E-state index < -0.39 is 5.41 Å². The van der Waals surface area contributed by atoms with Crippen LogP contribution in [0.2, 0.25) is 0 Å². The van der Waals surface area contributed by atoms with E-state index in [4.69, 9.17) is 0 Å². The number of nitrogens with zero attached hydrogens (tertiary/aromatic N) is 3. The normalized spacial score (nSPS) is 20.5. The number of rotatable bonds is 3. The third-order valence-corrected chi connectivity index (χ3v) is 5.82. The zero-order valence-electron chi connectivity index (χ0n) is 12.8. The van der Waals surface area contributed by atoms with Gasteiger partial charge in [-0.05, 0) is 33.6 Å². The Morgan fingerprint density at radius 2 is 1.76 bits per heavy atom. The van der Waals surface area contributed by atoms with E-state index in [1.165, 1.54) is 4.88 Å². The van der Waals surface area contributed by atoms with Crippen LogP contribution >= 0.6 is 11.3 Å². The Bertz CT molecular complexity index is 564. The van der Waals surface area contributed by atoms with E-state index in [0.717, 1.165) is 36.8 Å². The van der Waals surface area contributed by atoms with Crippen molar-refractivity contribution in [3.63, 3.8) is 0 Å². The second kappa shape index (κ2) is 5.09. The molecule has 0 atom stereocenters. The number of carbonyl (C=O) groups excluding carboxylic acids is 2. The summed E-state index contributed by atoms with van der Waals surface area (Å²) in [6.45, 7) is 8.62. The van der Waals surface area contributed by atoms with Crippen LogP contribution in [0.15, 0.2) is 0 Å². The lowest BCUT2D eigenvalue weighted by molar-refractivity contribution is -0.142. The molecule has 2 heterocycles. The van der Waals surface area contributed by atoms with Crippen LogP contribution in [0, 0.1) is 19.3 Å². The summed E-state index contributed by atoms with van der Waals surface area (Å²) in [5.41, 5.74) is 0.415. The molecule has 1 amide bonds. The summed E-state index contributed by atoms with van der Waals surface area (Å²) in [4.78, 5) is 34.1. The highest BCUT2D eigenvalue weighted by Gasteiger charge is 2.55. The molecular weight excluding hydrogens is 286 g/mol. The Morgan fingerprint density at radius 1 is 1.14 bits per heavy atom. The van der Waals surface area contributed by atoms with Gasteiger partial charge in [0, 0.05) is 31.1 Å². The summed E-state index contributed by atoms with van der Waals surface area (Å²) in [6.07, 6.45) is 1.46. The van der Waals surface area contributed by atoms with Crippen molar-refractivity contribution in [1.82, 2.24) is 9.88 Å². The van der Waals surface area contributed by atoms with Crippen molar-refractivity contribution in [1.29, 1.82) is 0 Å². The molecule has 1 aliphatic carbocycles. The molecule has 1 aromatic heterocycles. The predicted molar refractivity (Wildman–Crippen MR) is 82.7 cm³/mol. The quantitative estimate of drug-likeness (QED) is 0.799. The lowest BCUT2D eigenvalue weighted by Crippen LogP contribution is -2.51. The van der Waals surface area contributed by atoms with Crippen LogP contribution in [0.3, 0.4) is 0 Å². The second-order valence-electron chi connectivity index (χ2n) is 6.06. The smallest absolute Gasteiger partial charge is 0.236 e. The second-order valence-corrected chi connectivity index (χ2v) is 7.24. The molecular formula is C15H21N3O2S. The molecule has 114 valence electrons. The number of aromatic nitrogens is 1. The van der Waals surface area contributed by atoms with Gasteiger partial charge in [-0.1, -0.05) is 0 Å². The molecule has 3 rings (SSSR count). The monoisotopic (exact) mass is 307 g/mol. The average Bonchev–Trinajstić information content (AvgIpc) is 3.21. The number of amides is 1. The van der Waals surface area contributed by atoms with Gasteiger partial charge in [0.25, 0.3) is 0 Å². The molecule has 0 N–H and O–H groups in total. The molecule has 21 heavy (non-hydrogen) atoms. The summed E-state index contributed by atoms with van der Waals surface area (Å²) in [5.74, 6) is 0.0715. The lowest BCUT2D eigenvalue weighted by atomic mass is 10.00. The number of hydrogen-bond donors (Lipinski definition) is 0. The highest BCUT2D eigenvalue weighted by molar-refractivity contribution is 7.15. The van der Waals surface area contributed by atoms with Gasteiger partial charge in [0.1, 0.15) is 11.2 Å². The Morgan fingerprint density at radius 3 is 2.19 bits per heavy atom.